The second-order valence-corrected chi connectivity index (χ2v) is 5.98. The van der Waals surface area contributed by atoms with Crippen LogP contribution in [0, 0.1) is 5.92 Å². The number of carbonyl (C=O) groups excluding carboxylic acids is 1. The van der Waals surface area contributed by atoms with E-state index in [9.17, 15) is 4.79 Å². The monoisotopic (exact) mass is 260 g/mol. The summed E-state index contributed by atoms with van der Waals surface area (Å²) in [5.41, 5.74) is 7.12. The van der Waals surface area contributed by atoms with Crippen LogP contribution in [0.5, 0.6) is 0 Å². The van der Waals surface area contributed by atoms with Crippen LogP contribution in [0.15, 0.2) is 30.3 Å². The van der Waals surface area contributed by atoms with E-state index in [1.165, 1.54) is 0 Å². The Morgan fingerprint density at radius 2 is 2.05 bits per heavy atom. The zero-order chi connectivity index (χ0) is 13.9. The molecule has 2 atom stereocenters. The molecule has 1 aromatic carbocycles. The lowest BCUT2D eigenvalue weighted by Crippen LogP contribution is -2.53. The lowest BCUT2D eigenvalue weighted by Gasteiger charge is -2.39. The van der Waals surface area contributed by atoms with Gasteiger partial charge in [-0.25, -0.2) is 0 Å². The highest BCUT2D eigenvalue weighted by Gasteiger charge is 2.38. The summed E-state index contributed by atoms with van der Waals surface area (Å²) in [6, 6.07) is 10.1. The fraction of sp³-hybridized carbons (Fsp3) is 0.562. The van der Waals surface area contributed by atoms with Crippen molar-refractivity contribution in [3.05, 3.63) is 35.9 Å². The molecule has 1 amide bonds. The maximum atomic E-state index is 12.6. The van der Waals surface area contributed by atoms with Gasteiger partial charge in [0.1, 0.15) is 0 Å². The number of nitrogens with zero attached hydrogens (tertiary/aromatic N) is 1. The van der Waals surface area contributed by atoms with E-state index in [0.717, 1.165) is 31.2 Å². The average Bonchev–Trinajstić information content (AvgIpc) is 2.38. The van der Waals surface area contributed by atoms with Crippen molar-refractivity contribution in [2.45, 2.75) is 44.7 Å². The fourth-order valence-corrected chi connectivity index (χ4v) is 2.97. The van der Waals surface area contributed by atoms with Gasteiger partial charge in [-0.2, -0.15) is 0 Å². The predicted octanol–water partition coefficient (Wildman–Crippen LogP) is 2.55. The maximum Gasteiger partial charge on any atom is 0.227 e. The van der Waals surface area contributed by atoms with Gasteiger partial charge in [0.05, 0.1) is 5.92 Å². The number of benzene rings is 1. The molecular weight excluding hydrogens is 236 g/mol. The molecule has 1 aliphatic rings. The van der Waals surface area contributed by atoms with Gasteiger partial charge in [-0.1, -0.05) is 43.2 Å². The highest BCUT2D eigenvalue weighted by Crippen LogP contribution is 2.32. The Bertz CT molecular complexity index is 428. The third-order valence-electron chi connectivity index (χ3n) is 4.19. The summed E-state index contributed by atoms with van der Waals surface area (Å²) >= 11 is 0. The second kappa shape index (κ2) is 5.74. The van der Waals surface area contributed by atoms with Gasteiger partial charge in [0, 0.05) is 19.1 Å². The Kier molecular flexibility index (Phi) is 4.25. The van der Waals surface area contributed by atoms with Crippen LogP contribution in [-0.4, -0.2) is 23.4 Å². The Balaban J connectivity index is 2.02. The molecule has 19 heavy (non-hydrogen) atoms. The van der Waals surface area contributed by atoms with E-state index >= 15 is 0 Å². The number of hydrogen-bond acceptors (Lipinski definition) is 2. The van der Waals surface area contributed by atoms with Crippen molar-refractivity contribution in [3.63, 3.8) is 0 Å². The van der Waals surface area contributed by atoms with Crippen LogP contribution in [0.3, 0.4) is 0 Å². The van der Waals surface area contributed by atoms with E-state index in [-0.39, 0.29) is 17.4 Å². The zero-order valence-electron chi connectivity index (χ0n) is 11.9. The Morgan fingerprint density at radius 3 is 2.68 bits per heavy atom. The maximum absolute atomic E-state index is 12.6. The number of hydrogen-bond donors (Lipinski definition) is 1. The van der Waals surface area contributed by atoms with Crippen LogP contribution in [0.4, 0.5) is 0 Å². The van der Waals surface area contributed by atoms with Gasteiger partial charge in [0.15, 0.2) is 0 Å². The quantitative estimate of drug-likeness (QED) is 0.908. The normalized spacial score (nSPS) is 27.0. The molecular formula is C16H24N2O. The van der Waals surface area contributed by atoms with Crippen molar-refractivity contribution in [3.8, 4) is 0 Å². The predicted molar refractivity (Wildman–Crippen MR) is 77.5 cm³/mol. The van der Waals surface area contributed by atoms with Crippen LogP contribution < -0.4 is 5.73 Å². The third kappa shape index (κ3) is 3.35. The summed E-state index contributed by atoms with van der Waals surface area (Å²) in [5.74, 6) is 0.156. The van der Waals surface area contributed by atoms with E-state index < -0.39 is 0 Å². The molecule has 0 saturated heterocycles. The molecule has 2 N–H and O–H groups in total. The first-order valence-corrected chi connectivity index (χ1v) is 7.08. The zero-order valence-corrected chi connectivity index (χ0v) is 11.9. The van der Waals surface area contributed by atoms with Crippen molar-refractivity contribution in [1.29, 1.82) is 0 Å². The average molecular weight is 260 g/mol. The summed E-state index contributed by atoms with van der Waals surface area (Å²) in [5, 5.41) is 0. The lowest BCUT2D eigenvalue weighted by atomic mass is 9.74. The fourth-order valence-electron chi connectivity index (χ4n) is 2.97. The highest BCUT2D eigenvalue weighted by atomic mass is 16.2. The summed E-state index contributed by atoms with van der Waals surface area (Å²) in [6.45, 7) is 2.68. The Labute approximate surface area is 115 Å². The van der Waals surface area contributed by atoms with Crippen LogP contribution in [0.25, 0.3) is 0 Å². The molecule has 0 bridgehead atoms. The molecule has 2 unspecified atom stereocenters. The first-order chi connectivity index (χ1) is 9.00. The minimum absolute atomic E-state index is 0.0324. The van der Waals surface area contributed by atoms with Crippen molar-refractivity contribution < 1.29 is 4.79 Å². The van der Waals surface area contributed by atoms with Gasteiger partial charge < -0.3 is 10.6 Å². The van der Waals surface area contributed by atoms with Gasteiger partial charge in [0.25, 0.3) is 0 Å². The third-order valence-corrected chi connectivity index (χ3v) is 4.19. The van der Waals surface area contributed by atoms with E-state index in [2.05, 4.69) is 0 Å². The molecule has 2 rings (SSSR count). The molecule has 1 aromatic rings. The minimum atomic E-state index is -0.347. The van der Waals surface area contributed by atoms with Gasteiger partial charge in [0.2, 0.25) is 5.91 Å². The second-order valence-electron chi connectivity index (χ2n) is 5.98. The number of carbonyl (C=O) groups is 1. The number of nitrogens with two attached hydrogens (primary N) is 1. The minimum Gasteiger partial charge on any atom is -0.341 e. The highest BCUT2D eigenvalue weighted by molar-refractivity contribution is 5.80. The molecule has 3 heteroatoms. The Morgan fingerprint density at radius 1 is 1.37 bits per heavy atom. The van der Waals surface area contributed by atoms with Gasteiger partial charge in [-0.05, 0) is 25.3 Å². The molecule has 0 aromatic heterocycles. The molecule has 1 fully saturated rings. The van der Waals surface area contributed by atoms with E-state index in [1.54, 1.807) is 0 Å². The standard InChI is InChI=1S/C16H24N2O/c1-16(17)11-7-6-10-14(16)15(19)18(2)12-13-8-4-3-5-9-13/h3-5,8-9,14H,6-7,10-12,17H2,1-2H3. The van der Waals surface area contributed by atoms with Crippen molar-refractivity contribution in [1.82, 2.24) is 4.90 Å². The molecule has 1 saturated carbocycles. The summed E-state index contributed by atoms with van der Waals surface area (Å²) in [6.07, 6.45) is 4.12. The smallest absolute Gasteiger partial charge is 0.227 e. The van der Waals surface area contributed by atoms with Crippen LogP contribution in [0.1, 0.15) is 38.2 Å². The van der Waals surface area contributed by atoms with E-state index in [0.29, 0.717) is 6.54 Å². The largest absolute Gasteiger partial charge is 0.341 e. The van der Waals surface area contributed by atoms with E-state index in [4.69, 9.17) is 5.73 Å². The van der Waals surface area contributed by atoms with E-state index in [1.807, 2.05) is 49.2 Å². The number of rotatable bonds is 3. The van der Waals surface area contributed by atoms with Crippen molar-refractivity contribution in [2.75, 3.05) is 7.05 Å². The molecule has 0 heterocycles. The number of amides is 1. The molecule has 1 aliphatic carbocycles. The van der Waals surface area contributed by atoms with Crippen LogP contribution in [0.2, 0.25) is 0 Å². The molecule has 0 spiro atoms. The summed E-state index contributed by atoms with van der Waals surface area (Å²) < 4.78 is 0. The van der Waals surface area contributed by atoms with Gasteiger partial charge in [-0.3, -0.25) is 4.79 Å². The van der Waals surface area contributed by atoms with Crippen molar-refractivity contribution in [2.24, 2.45) is 11.7 Å². The molecule has 104 valence electrons. The topological polar surface area (TPSA) is 46.3 Å². The first kappa shape index (κ1) is 14.1. The van der Waals surface area contributed by atoms with Crippen LogP contribution in [-0.2, 0) is 11.3 Å². The van der Waals surface area contributed by atoms with Crippen molar-refractivity contribution >= 4 is 5.91 Å². The SMILES string of the molecule is CN(Cc1ccccc1)C(=O)C1CCCCC1(C)N. The molecule has 0 radical (unpaired) electrons. The Hall–Kier alpha value is -1.35. The van der Waals surface area contributed by atoms with Gasteiger partial charge in [-0.15, -0.1) is 0 Å². The van der Waals surface area contributed by atoms with Gasteiger partial charge >= 0.3 is 0 Å². The lowest BCUT2D eigenvalue weighted by molar-refractivity contribution is -0.138. The molecule has 0 aliphatic heterocycles. The summed E-state index contributed by atoms with van der Waals surface area (Å²) in [7, 11) is 1.88. The van der Waals surface area contributed by atoms with Crippen LogP contribution >= 0.6 is 0 Å². The summed E-state index contributed by atoms with van der Waals surface area (Å²) in [4.78, 5) is 14.4. The first-order valence-electron chi connectivity index (χ1n) is 7.08. The molecule has 3 nitrogen and oxygen atoms in total.